The van der Waals surface area contributed by atoms with Gasteiger partial charge < -0.3 is 9.97 Å². The lowest BCUT2D eigenvalue weighted by Gasteiger charge is -1.99. The fourth-order valence-electron chi connectivity index (χ4n) is 1.49. The third kappa shape index (κ3) is 1.96. The Morgan fingerprint density at radius 1 is 1.00 bits per heavy atom. The van der Waals surface area contributed by atoms with Crippen LogP contribution in [0.4, 0.5) is 0 Å². The standard InChI is InChI=1S/C10H6Cl2N6/c11-5-3-16-10(12)18-7(5)6-4-15-9(17-6)8-13-1-2-14-8/h1-4H,(H,13,14)(H,15,17). The number of H-pyrrole nitrogens is 2. The van der Waals surface area contributed by atoms with Gasteiger partial charge in [-0.05, 0) is 11.6 Å². The zero-order valence-corrected chi connectivity index (χ0v) is 10.4. The van der Waals surface area contributed by atoms with Crippen molar-refractivity contribution in [2.45, 2.75) is 0 Å². The molecular weight excluding hydrogens is 275 g/mol. The van der Waals surface area contributed by atoms with Gasteiger partial charge in [-0.1, -0.05) is 11.6 Å². The zero-order chi connectivity index (χ0) is 12.5. The van der Waals surface area contributed by atoms with Crippen LogP contribution in [0.5, 0.6) is 0 Å². The van der Waals surface area contributed by atoms with Gasteiger partial charge in [0.25, 0.3) is 0 Å². The Hall–Kier alpha value is -1.92. The smallest absolute Gasteiger partial charge is 0.223 e. The van der Waals surface area contributed by atoms with Crippen LogP contribution in [-0.4, -0.2) is 29.9 Å². The minimum Gasteiger partial charge on any atom is -0.342 e. The summed E-state index contributed by atoms with van der Waals surface area (Å²) in [6.07, 6.45) is 6.42. The first kappa shape index (κ1) is 11.2. The molecule has 0 aliphatic rings. The molecule has 18 heavy (non-hydrogen) atoms. The molecule has 3 rings (SSSR count). The van der Waals surface area contributed by atoms with E-state index in [2.05, 4.69) is 29.9 Å². The van der Waals surface area contributed by atoms with Gasteiger partial charge in [-0.25, -0.2) is 19.9 Å². The van der Waals surface area contributed by atoms with Crippen molar-refractivity contribution in [2.24, 2.45) is 0 Å². The maximum Gasteiger partial charge on any atom is 0.223 e. The minimum absolute atomic E-state index is 0.128. The maximum atomic E-state index is 6.01. The van der Waals surface area contributed by atoms with Gasteiger partial charge in [0.15, 0.2) is 11.6 Å². The van der Waals surface area contributed by atoms with Crippen molar-refractivity contribution >= 4 is 23.2 Å². The SMILES string of the molecule is Clc1ncc(Cl)c(-c2cnc(-c3ncc[nH]3)[nH]2)n1. The summed E-state index contributed by atoms with van der Waals surface area (Å²) in [5.41, 5.74) is 1.15. The first-order chi connectivity index (χ1) is 8.74. The summed E-state index contributed by atoms with van der Waals surface area (Å²) in [5, 5.41) is 0.526. The maximum absolute atomic E-state index is 6.01. The van der Waals surface area contributed by atoms with E-state index >= 15 is 0 Å². The summed E-state index contributed by atoms with van der Waals surface area (Å²) in [6, 6.07) is 0. The predicted octanol–water partition coefficient (Wildman–Crippen LogP) is 2.56. The Labute approximate surface area is 111 Å². The van der Waals surface area contributed by atoms with E-state index in [-0.39, 0.29) is 5.28 Å². The Bertz CT molecular complexity index is 676. The monoisotopic (exact) mass is 280 g/mol. The van der Waals surface area contributed by atoms with E-state index < -0.39 is 0 Å². The molecule has 0 bridgehead atoms. The number of nitrogens with zero attached hydrogens (tertiary/aromatic N) is 4. The fourth-order valence-corrected chi connectivity index (χ4v) is 1.82. The Morgan fingerprint density at radius 2 is 1.89 bits per heavy atom. The van der Waals surface area contributed by atoms with Crippen molar-refractivity contribution in [3.63, 3.8) is 0 Å². The average molecular weight is 281 g/mol. The van der Waals surface area contributed by atoms with Crippen molar-refractivity contribution in [3.8, 4) is 23.0 Å². The molecule has 6 nitrogen and oxygen atoms in total. The molecule has 2 N–H and O–H groups in total. The van der Waals surface area contributed by atoms with Crippen molar-refractivity contribution in [1.82, 2.24) is 29.9 Å². The summed E-state index contributed by atoms with van der Waals surface area (Å²) >= 11 is 11.7. The normalized spacial score (nSPS) is 10.8. The number of nitrogens with one attached hydrogen (secondary N) is 2. The van der Waals surface area contributed by atoms with Crippen LogP contribution in [0.15, 0.2) is 24.8 Å². The van der Waals surface area contributed by atoms with E-state index in [1.165, 1.54) is 6.20 Å². The van der Waals surface area contributed by atoms with Crippen molar-refractivity contribution in [1.29, 1.82) is 0 Å². The van der Waals surface area contributed by atoms with Gasteiger partial charge in [-0.2, -0.15) is 0 Å². The zero-order valence-electron chi connectivity index (χ0n) is 8.85. The Morgan fingerprint density at radius 3 is 2.67 bits per heavy atom. The molecular formula is C10H6Cl2N6. The molecule has 0 aromatic carbocycles. The molecule has 3 aromatic heterocycles. The second-order valence-corrected chi connectivity index (χ2v) is 4.16. The molecule has 0 saturated heterocycles. The van der Waals surface area contributed by atoms with E-state index in [4.69, 9.17) is 23.2 Å². The Kier molecular flexibility index (Phi) is 2.73. The number of halogens is 2. The lowest BCUT2D eigenvalue weighted by molar-refractivity contribution is 1.15. The third-order valence-corrected chi connectivity index (χ3v) is 2.73. The van der Waals surface area contributed by atoms with Crippen molar-refractivity contribution in [3.05, 3.63) is 35.1 Å². The van der Waals surface area contributed by atoms with E-state index in [1.54, 1.807) is 18.6 Å². The Balaban J connectivity index is 2.05. The van der Waals surface area contributed by atoms with Crippen LogP contribution in [-0.2, 0) is 0 Å². The molecule has 0 atom stereocenters. The highest BCUT2D eigenvalue weighted by Crippen LogP contribution is 2.25. The lowest BCUT2D eigenvalue weighted by atomic mass is 10.3. The summed E-state index contributed by atoms with van der Waals surface area (Å²) in [7, 11) is 0. The van der Waals surface area contributed by atoms with Gasteiger partial charge in [-0.15, -0.1) is 0 Å². The topological polar surface area (TPSA) is 83.1 Å². The number of hydrogen-bond acceptors (Lipinski definition) is 4. The van der Waals surface area contributed by atoms with E-state index in [0.717, 1.165) is 0 Å². The predicted molar refractivity (Wildman–Crippen MR) is 67.2 cm³/mol. The van der Waals surface area contributed by atoms with Crippen molar-refractivity contribution < 1.29 is 0 Å². The van der Waals surface area contributed by atoms with Gasteiger partial charge in [0.2, 0.25) is 5.28 Å². The van der Waals surface area contributed by atoms with Crippen LogP contribution in [0.3, 0.4) is 0 Å². The van der Waals surface area contributed by atoms with Crippen molar-refractivity contribution in [2.75, 3.05) is 0 Å². The quantitative estimate of drug-likeness (QED) is 0.707. The molecule has 0 fully saturated rings. The lowest BCUT2D eigenvalue weighted by Crippen LogP contribution is -1.89. The fraction of sp³-hybridized carbons (Fsp3) is 0. The third-order valence-electron chi connectivity index (χ3n) is 2.27. The molecule has 90 valence electrons. The molecule has 3 aromatic rings. The van der Waals surface area contributed by atoms with Gasteiger partial charge in [0, 0.05) is 12.4 Å². The van der Waals surface area contributed by atoms with Gasteiger partial charge in [-0.3, -0.25) is 0 Å². The number of hydrogen-bond donors (Lipinski definition) is 2. The van der Waals surface area contributed by atoms with Gasteiger partial charge in [0.1, 0.15) is 5.69 Å². The first-order valence-electron chi connectivity index (χ1n) is 4.97. The molecule has 0 unspecified atom stereocenters. The average Bonchev–Trinajstić information content (AvgIpc) is 3.00. The van der Waals surface area contributed by atoms with E-state index in [9.17, 15) is 0 Å². The van der Waals surface area contributed by atoms with Gasteiger partial charge in [0.05, 0.1) is 23.1 Å². The summed E-state index contributed by atoms with van der Waals surface area (Å²) in [5.74, 6) is 1.23. The summed E-state index contributed by atoms with van der Waals surface area (Å²) in [4.78, 5) is 22.1. The first-order valence-corrected chi connectivity index (χ1v) is 5.73. The number of rotatable bonds is 2. The van der Waals surface area contributed by atoms with Crippen LogP contribution >= 0.6 is 23.2 Å². The largest absolute Gasteiger partial charge is 0.342 e. The second-order valence-electron chi connectivity index (χ2n) is 3.42. The molecule has 3 heterocycles. The molecule has 0 aliphatic carbocycles. The molecule has 0 spiro atoms. The van der Waals surface area contributed by atoms with Gasteiger partial charge >= 0.3 is 0 Å². The van der Waals surface area contributed by atoms with E-state index in [1.807, 2.05) is 0 Å². The van der Waals surface area contributed by atoms with Crippen LogP contribution in [0, 0.1) is 0 Å². The molecule has 0 amide bonds. The number of aromatic amines is 2. The van der Waals surface area contributed by atoms with Crippen LogP contribution in [0.25, 0.3) is 23.0 Å². The highest BCUT2D eigenvalue weighted by Gasteiger charge is 2.12. The summed E-state index contributed by atoms with van der Waals surface area (Å²) in [6.45, 7) is 0. The van der Waals surface area contributed by atoms with E-state index in [0.29, 0.717) is 28.1 Å². The second kappa shape index (κ2) is 4.40. The van der Waals surface area contributed by atoms with Crippen LogP contribution in [0.2, 0.25) is 10.3 Å². The number of imidazole rings is 2. The van der Waals surface area contributed by atoms with Crippen LogP contribution < -0.4 is 0 Å². The number of aromatic nitrogens is 6. The molecule has 0 saturated carbocycles. The molecule has 8 heteroatoms. The highest BCUT2D eigenvalue weighted by atomic mass is 35.5. The van der Waals surface area contributed by atoms with Crippen LogP contribution in [0.1, 0.15) is 0 Å². The summed E-state index contributed by atoms with van der Waals surface area (Å²) < 4.78 is 0. The molecule has 0 aliphatic heterocycles. The highest BCUT2D eigenvalue weighted by molar-refractivity contribution is 6.33. The minimum atomic E-state index is 0.128. The molecule has 0 radical (unpaired) electrons.